The van der Waals surface area contributed by atoms with E-state index in [0.29, 0.717) is 23.6 Å². The van der Waals surface area contributed by atoms with Gasteiger partial charge in [0.2, 0.25) is 5.95 Å². The summed E-state index contributed by atoms with van der Waals surface area (Å²) in [6.07, 6.45) is 8.56. The van der Waals surface area contributed by atoms with Gasteiger partial charge in [-0.25, -0.2) is 9.78 Å². The molecule has 0 spiro atoms. The highest BCUT2D eigenvalue weighted by Gasteiger charge is 2.39. The molecule has 204 valence electrons. The number of aromatic nitrogens is 2. The van der Waals surface area contributed by atoms with Crippen LogP contribution in [0.2, 0.25) is 0 Å². The summed E-state index contributed by atoms with van der Waals surface area (Å²) in [5, 5.41) is 10.1. The summed E-state index contributed by atoms with van der Waals surface area (Å²) >= 11 is 0. The molecule has 0 saturated heterocycles. The SMILES string of the molecule is CCCCOC(=O)c1ccc2c(c1)CCC2N(c1nc2cc(O)ccc2n1C)C1CCC(C(C)(C)C)CC1. The number of rotatable bonds is 7. The molecule has 0 amide bonds. The topological polar surface area (TPSA) is 67.6 Å². The van der Waals surface area contributed by atoms with Crippen LogP contribution >= 0.6 is 0 Å². The van der Waals surface area contributed by atoms with Crippen molar-refractivity contribution < 1.29 is 14.6 Å². The number of carbonyl (C=O) groups excluding carboxylic acids is 1. The molecule has 6 nitrogen and oxygen atoms in total. The Morgan fingerprint density at radius 3 is 2.58 bits per heavy atom. The summed E-state index contributed by atoms with van der Waals surface area (Å²) in [4.78, 5) is 20.3. The number of hydrogen-bond acceptors (Lipinski definition) is 5. The van der Waals surface area contributed by atoms with Crippen molar-refractivity contribution >= 4 is 23.0 Å². The van der Waals surface area contributed by atoms with Crippen molar-refractivity contribution in [3.63, 3.8) is 0 Å². The maximum Gasteiger partial charge on any atom is 0.338 e. The Morgan fingerprint density at radius 2 is 1.87 bits per heavy atom. The summed E-state index contributed by atoms with van der Waals surface area (Å²) in [6, 6.07) is 12.2. The zero-order valence-electron chi connectivity index (χ0n) is 23.7. The monoisotopic (exact) mass is 517 g/mol. The number of aromatic hydroxyl groups is 1. The lowest BCUT2D eigenvalue weighted by Gasteiger charge is -2.44. The minimum absolute atomic E-state index is 0.204. The molecule has 2 aliphatic rings. The van der Waals surface area contributed by atoms with Crippen molar-refractivity contribution in [2.24, 2.45) is 18.4 Å². The van der Waals surface area contributed by atoms with Gasteiger partial charge in [0.05, 0.1) is 29.2 Å². The van der Waals surface area contributed by atoms with E-state index in [4.69, 9.17) is 9.72 Å². The molecule has 2 aliphatic carbocycles. The van der Waals surface area contributed by atoms with E-state index in [2.05, 4.69) is 50.3 Å². The quantitative estimate of drug-likeness (QED) is 0.262. The predicted molar refractivity (Wildman–Crippen MR) is 153 cm³/mol. The smallest absolute Gasteiger partial charge is 0.338 e. The number of imidazole rings is 1. The zero-order chi connectivity index (χ0) is 27.0. The summed E-state index contributed by atoms with van der Waals surface area (Å²) in [5.41, 5.74) is 5.35. The number of phenolic OH excluding ortho intramolecular Hbond substituents is 1. The molecule has 5 rings (SSSR count). The number of fused-ring (bicyclic) bond motifs is 2. The van der Waals surface area contributed by atoms with E-state index in [9.17, 15) is 9.90 Å². The summed E-state index contributed by atoms with van der Waals surface area (Å²) in [6.45, 7) is 9.67. The normalized spacial score (nSPS) is 21.4. The molecule has 1 unspecified atom stereocenters. The third-order valence-corrected chi connectivity index (χ3v) is 8.88. The Hall–Kier alpha value is -3.02. The largest absolute Gasteiger partial charge is 0.508 e. The van der Waals surface area contributed by atoms with E-state index in [1.165, 1.54) is 24.0 Å². The number of nitrogens with zero attached hydrogens (tertiary/aromatic N) is 3. The van der Waals surface area contributed by atoms with Crippen LogP contribution in [0.1, 0.15) is 100 Å². The highest BCUT2D eigenvalue weighted by atomic mass is 16.5. The first kappa shape index (κ1) is 26.6. The summed E-state index contributed by atoms with van der Waals surface area (Å²) in [5.74, 6) is 1.71. The number of phenols is 1. The van der Waals surface area contributed by atoms with E-state index in [1.807, 2.05) is 18.2 Å². The van der Waals surface area contributed by atoms with Crippen molar-refractivity contribution in [3.8, 4) is 5.75 Å². The molecular formula is C32H43N3O3. The maximum atomic E-state index is 12.6. The van der Waals surface area contributed by atoms with Crippen molar-refractivity contribution in [2.75, 3.05) is 11.5 Å². The maximum absolute atomic E-state index is 12.6. The molecule has 6 heteroatoms. The fraction of sp³-hybridized carbons (Fsp3) is 0.562. The first-order valence-electron chi connectivity index (χ1n) is 14.4. The van der Waals surface area contributed by atoms with Crippen LogP contribution in [0, 0.1) is 11.3 Å². The van der Waals surface area contributed by atoms with Crippen molar-refractivity contribution in [2.45, 2.75) is 91.1 Å². The van der Waals surface area contributed by atoms with Gasteiger partial charge in [-0.1, -0.05) is 40.2 Å². The highest BCUT2D eigenvalue weighted by molar-refractivity contribution is 5.90. The van der Waals surface area contributed by atoms with Gasteiger partial charge in [0, 0.05) is 19.2 Å². The molecule has 0 aliphatic heterocycles. The van der Waals surface area contributed by atoms with Crippen LogP contribution in [0.3, 0.4) is 0 Å². The lowest BCUT2D eigenvalue weighted by molar-refractivity contribution is 0.0499. The van der Waals surface area contributed by atoms with Gasteiger partial charge in [0.15, 0.2) is 0 Å². The average Bonchev–Trinajstić information content (AvgIpc) is 3.44. The molecule has 1 saturated carbocycles. The van der Waals surface area contributed by atoms with Crippen LogP contribution in [0.4, 0.5) is 5.95 Å². The number of esters is 1. The third-order valence-electron chi connectivity index (χ3n) is 8.88. The Morgan fingerprint density at radius 1 is 1.11 bits per heavy atom. The molecule has 1 fully saturated rings. The standard InChI is InChI=1S/C32H43N3O3/c1-6-7-18-38-30(37)22-8-15-26-21(19-22)9-16-28(26)35(24-12-10-23(11-13-24)32(2,3)4)31-33-27-20-25(36)14-17-29(27)34(31)5/h8,14-15,17,19-20,23-24,28,36H,6-7,9-13,16,18H2,1-5H3. The van der Waals surface area contributed by atoms with Crippen LogP contribution in [-0.4, -0.2) is 33.3 Å². The van der Waals surface area contributed by atoms with Gasteiger partial charge in [0.1, 0.15) is 5.75 Å². The Kier molecular flexibility index (Phi) is 7.43. The first-order valence-corrected chi connectivity index (χ1v) is 14.4. The molecule has 2 aromatic carbocycles. The molecule has 1 N–H and O–H groups in total. The van der Waals surface area contributed by atoms with Crippen LogP contribution in [-0.2, 0) is 18.2 Å². The molecule has 1 heterocycles. The van der Waals surface area contributed by atoms with Gasteiger partial charge in [-0.2, -0.15) is 0 Å². The van der Waals surface area contributed by atoms with Gasteiger partial charge in [-0.3, -0.25) is 0 Å². The number of carbonyl (C=O) groups is 1. The lowest BCUT2D eigenvalue weighted by Crippen LogP contribution is -2.43. The number of benzene rings is 2. The van der Waals surface area contributed by atoms with Gasteiger partial charge in [0.25, 0.3) is 0 Å². The van der Waals surface area contributed by atoms with Crippen molar-refractivity contribution in [3.05, 3.63) is 53.1 Å². The molecule has 3 aromatic rings. The van der Waals surface area contributed by atoms with Crippen LogP contribution in [0.25, 0.3) is 11.0 Å². The molecule has 38 heavy (non-hydrogen) atoms. The second kappa shape index (κ2) is 10.6. The molecule has 1 aromatic heterocycles. The average molecular weight is 518 g/mol. The Labute approximate surface area is 227 Å². The van der Waals surface area contributed by atoms with Gasteiger partial charge in [-0.15, -0.1) is 0 Å². The Balaban J connectivity index is 1.48. The Bertz CT molecular complexity index is 1300. The minimum Gasteiger partial charge on any atom is -0.508 e. The van der Waals surface area contributed by atoms with Crippen LogP contribution in [0.5, 0.6) is 5.75 Å². The van der Waals surface area contributed by atoms with E-state index in [-0.39, 0.29) is 17.8 Å². The van der Waals surface area contributed by atoms with E-state index < -0.39 is 0 Å². The minimum atomic E-state index is -0.225. The number of aryl methyl sites for hydroxylation is 2. The summed E-state index contributed by atoms with van der Waals surface area (Å²) < 4.78 is 7.66. The fourth-order valence-electron chi connectivity index (χ4n) is 6.59. The molecule has 1 atom stereocenters. The number of unbranched alkanes of at least 4 members (excludes halogenated alkanes) is 1. The highest BCUT2D eigenvalue weighted by Crippen LogP contribution is 2.45. The molecule has 0 bridgehead atoms. The second-order valence-electron chi connectivity index (χ2n) is 12.4. The number of hydrogen-bond donors (Lipinski definition) is 1. The van der Waals surface area contributed by atoms with Gasteiger partial charge in [-0.05, 0) is 91.7 Å². The lowest BCUT2D eigenvalue weighted by atomic mass is 9.71. The molecular weight excluding hydrogens is 474 g/mol. The van der Waals surface area contributed by atoms with Crippen LogP contribution in [0.15, 0.2) is 36.4 Å². The number of ether oxygens (including phenoxy) is 1. The first-order chi connectivity index (χ1) is 18.2. The van der Waals surface area contributed by atoms with E-state index >= 15 is 0 Å². The number of anilines is 1. The van der Waals surface area contributed by atoms with E-state index in [1.54, 1.807) is 12.1 Å². The second-order valence-corrected chi connectivity index (χ2v) is 12.4. The van der Waals surface area contributed by atoms with Gasteiger partial charge < -0.3 is 19.3 Å². The summed E-state index contributed by atoms with van der Waals surface area (Å²) in [7, 11) is 2.08. The van der Waals surface area contributed by atoms with Crippen molar-refractivity contribution in [1.82, 2.24) is 9.55 Å². The fourth-order valence-corrected chi connectivity index (χ4v) is 6.59. The zero-order valence-corrected chi connectivity index (χ0v) is 23.7. The third kappa shape index (κ3) is 5.14. The van der Waals surface area contributed by atoms with Crippen LogP contribution < -0.4 is 4.90 Å². The molecule has 0 radical (unpaired) electrons. The van der Waals surface area contributed by atoms with Gasteiger partial charge >= 0.3 is 5.97 Å². The predicted octanol–water partition coefficient (Wildman–Crippen LogP) is 7.33. The van der Waals surface area contributed by atoms with Crippen molar-refractivity contribution in [1.29, 1.82) is 0 Å². The van der Waals surface area contributed by atoms with E-state index in [0.717, 1.165) is 61.4 Å².